The number of rotatable bonds is 7. The zero-order chi connectivity index (χ0) is 20.7. The van der Waals surface area contributed by atoms with Crippen molar-refractivity contribution in [3.63, 3.8) is 0 Å². The molecule has 0 unspecified atom stereocenters. The van der Waals surface area contributed by atoms with Gasteiger partial charge in [0.1, 0.15) is 5.75 Å². The minimum atomic E-state index is -1.00. The minimum Gasteiger partial charge on any atom is -0.482 e. The highest BCUT2D eigenvalue weighted by atomic mass is 35.5. The van der Waals surface area contributed by atoms with Gasteiger partial charge in [0, 0.05) is 23.3 Å². The van der Waals surface area contributed by atoms with E-state index >= 15 is 0 Å². The zero-order valence-electron chi connectivity index (χ0n) is 15.7. The minimum absolute atomic E-state index is 0.187. The zero-order valence-corrected chi connectivity index (χ0v) is 16.5. The molecule has 148 valence electrons. The van der Waals surface area contributed by atoms with Crippen LogP contribution in [0, 0.1) is 6.92 Å². The molecule has 0 aliphatic heterocycles. The SMILES string of the molecule is CC(=O)Nc1ccc(NC(=O)[C@H](C)OC(=O)COc2ccc(Cl)c(C)c2)cc1. The predicted octanol–water partition coefficient (Wildman–Crippen LogP) is 3.56. The van der Waals surface area contributed by atoms with E-state index in [4.69, 9.17) is 21.1 Å². The van der Waals surface area contributed by atoms with Gasteiger partial charge < -0.3 is 20.1 Å². The third kappa shape index (κ3) is 6.59. The van der Waals surface area contributed by atoms with Crippen molar-refractivity contribution < 1.29 is 23.9 Å². The van der Waals surface area contributed by atoms with Crippen LogP contribution in [0.4, 0.5) is 11.4 Å². The highest BCUT2D eigenvalue weighted by Gasteiger charge is 2.18. The standard InChI is InChI=1S/C20H21ClN2O5/c1-12-10-17(8-9-18(12)21)27-11-19(25)28-13(2)20(26)23-16-6-4-15(5-7-16)22-14(3)24/h4-10,13H,11H2,1-3H3,(H,22,24)(H,23,26)/t13-/m0/s1. The summed E-state index contributed by atoms with van der Waals surface area (Å²) in [6, 6.07) is 11.6. The smallest absolute Gasteiger partial charge is 0.344 e. The second kappa shape index (κ2) is 9.75. The van der Waals surface area contributed by atoms with Crippen molar-refractivity contribution in [1.29, 1.82) is 0 Å². The van der Waals surface area contributed by atoms with Gasteiger partial charge in [-0.25, -0.2) is 4.79 Å². The van der Waals surface area contributed by atoms with Crippen molar-refractivity contribution in [2.24, 2.45) is 0 Å². The summed E-state index contributed by atoms with van der Waals surface area (Å²) in [5, 5.41) is 5.86. The number of aryl methyl sites for hydroxylation is 1. The van der Waals surface area contributed by atoms with Crippen LogP contribution in [0.25, 0.3) is 0 Å². The van der Waals surface area contributed by atoms with Gasteiger partial charge >= 0.3 is 5.97 Å². The summed E-state index contributed by atoms with van der Waals surface area (Å²) in [5.74, 6) is -0.859. The van der Waals surface area contributed by atoms with Gasteiger partial charge in [-0.1, -0.05) is 11.6 Å². The fourth-order valence-corrected chi connectivity index (χ4v) is 2.34. The summed E-state index contributed by atoms with van der Waals surface area (Å²) in [5.41, 5.74) is 1.94. The number of carbonyl (C=O) groups is 3. The molecular weight excluding hydrogens is 384 g/mol. The summed E-state index contributed by atoms with van der Waals surface area (Å²) in [6.07, 6.45) is -1.00. The summed E-state index contributed by atoms with van der Waals surface area (Å²) < 4.78 is 10.4. The van der Waals surface area contributed by atoms with E-state index in [1.807, 2.05) is 6.92 Å². The lowest BCUT2D eigenvalue weighted by Crippen LogP contribution is -2.31. The van der Waals surface area contributed by atoms with Crippen molar-refractivity contribution in [3.8, 4) is 5.75 Å². The van der Waals surface area contributed by atoms with E-state index in [2.05, 4.69) is 10.6 Å². The molecule has 0 fully saturated rings. The van der Waals surface area contributed by atoms with E-state index < -0.39 is 18.0 Å². The summed E-state index contributed by atoms with van der Waals surface area (Å²) in [4.78, 5) is 35.0. The number of ether oxygens (including phenoxy) is 2. The number of amides is 2. The van der Waals surface area contributed by atoms with Crippen LogP contribution in [-0.2, 0) is 19.1 Å². The van der Waals surface area contributed by atoms with Crippen molar-refractivity contribution >= 4 is 40.8 Å². The van der Waals surface area contributed by atoms with Gasteiger partial charge in [0.25, 0.3) is 5.91 Å². The van der Waals surface area contributed by atoms with Crippen LogP contribution in [0.15, 0.2) is 42.5 Å². The Morgan fingerprint density at radius 3 is 2.21 bits per heavy atom. The van der Waals surface area contributed by atoms with Gasteiger partial charge in [-0.2, -0.15) is 0 Å². The van der Waals surface area contributed by atoms with E-state index in [9.17, 15) is 14.4 Å². The maximum atomic E-state index is 12.2. The topological polar surface area (TPSA) is 93.7 Å². The summed E-state index contributed by atoms with van der Waals surface area (Å²) >= 11 is 5.93. The van der Waals surface area contributed by atoms with Crippen LogP contribution in [-0.4, -0.2) is 30.5 Å². The second-order valence-corrected chi connectivity index (χ2v) is 6.49. The quantitative estimate of drug-likeness (QED) is 0.688. The Hall–Kier alpha value is -3.06. The molecule has 2 aromatic rings. The number of hydrogen-bond acceptors (Lipinski definition) is 5. The Kier molecular flexibility index (Phi) is 7.40. The molecule has 2 rings (SSSR count). The number of anilines is 2. The lowest BCUT2D eigenvalue weighted by Gasteiger charge is -2.14. The third-order valence-electron chi connectivity index (χ3n) is 3.64. The molecule has 0 saturated heterocycles. The van der Waals surface area contributed by atoms with Crippen LogP contribution in [0.5, 0.6) is 5.75 Å². The van der Waals surface area contributed by atoms with E-state index in [1.54, 1.807) is 42.5 Å². The highest BCUT2D eigenvalue weighted by molar-refractivity contribution is 6.31. The molecule has 0 aromatic heterocycles. The molecule has 28 heavy (non-hydrogen) atoms. The molecule has 1 atom stereocenters. The Morgan fingerprint density at radius 2 is 1.64 bits per heavy atom. The lowest BCUT2D eigenvalue weighted by atomic mass is 10.2. The second-order valence-electron chi connectivity index (χ2n) is 6.08. The van der Waals surface area contributed by atoms with Gasteiger partial charge in [-0.05, 0) is 61.9 Å². The van der Waals surface area contributed by atoms with Gasteiger partial charge in [0.2, 0.25) is 5.91 Å². The first-order valence-electron chi connectivity index (χ1n) is 8.51. The fourth-order valence-electron chi connectivity index (χ4n) is 2.22. The van der Waals surface area contributed by atoms with Crippen molar-refractivity contribution in [1.82, 2.24) is 0 Å². The fraction of sp³-hybridized carbons (Fsp3) is 0.250. The molecule has 0 spiro atoms. The van der Waals surface area contributed by atoms with Gasteiger partial charge in [0.15, 0.2) is 12.7 Å². The molecular formula is C20H21ClN2O5. The van der Waals surface area contributed by atoms with Gasteiger partial charge in [0.05, 0.1) is 0 Å². The molecule has 8 heteroatoms. The van der Waals surface area contributed by atoms with E-state index in [0.29, 0.717) is 22.1 Å². The average Bonchev–Trinajstić information content (AvgIpc) is 2.63. The number of hydrogen-bond donors (Lipinski definition) is 2. The number of benzene rings is 2. The molecule has 0 bridgehead atoms. The van der Waals surface area contributed by atoms with Gasteiger partial charge in [-0.15, -0.1) is 0 Å². The van der Waals surface area contributed by atoms with Crippen molar-refractivity contribution in [2.75, 3.05) is 17.2 Å². The molecule has 2 aromatic carbocycles. The summed E-state index contributed by atoms with van der Waals surface area (Å²) in [7, 11) is 0. The van der Waals surface area contributed by atoms with Crippen LogP contribution in [0.1, 0.15) is 19.4 Å². The summed E-state index contributed by atoms with van der Waals surface area (Å²) in [6.45, 7) is 4.36. The molecule has 0 heterocycles. The molecule has 0 saturated carbocycles. The number of nitrogens with one attached hydrogen (secondary N) is 2. The first-order chi connectivity index (χ1) is 13.2. The highest BCUT2D eigenvalue weighted by Crippen LogP contribution is 2.21. The van der Waals surface area contributed by atoms with Crippen LogP contribution in [0.2, 0.25) is 5.02 Å². The number of carbonyl (C=O) groups excluding carboxylic acids is 3. The normalized spacial score (nSPS) is 11.3. The molecule has 2 amide bonds. The van der Waals surface area contributed by atoms with E-state index in [0.717, 1.165) is 5.56 Å². The molecule has 0 aliphatic carbocycles. The Balaban J connectivity index is 1.81. The van der Waals surface area contributed by atoms with E-state index in [-0.39, 0.29) is 12.5 Å². The van der Waals surface area contributed by atoms with Crippen molar-refractivity contribution in [2.45, 2.75) is 26.9 Å². The Bertz CT molecular complexity index is 867. The predicted molar refractivity (Wildman–Crippen MR) is 107 cm³/mol. The first kappa shape index (κ1) is 21.2. The molecule has 7 nitrogen and oxygen atoms in total. The van der Waals surface area contributed by atoms with Crippen LogP contribution < -0.4 is 15.4 Å². The lowest BCUT2D eigenvalue weighted by molar-refractivity contribution is -0.155. The molecule has 0 aliphatic rings. The monoisotopic (exact) mass is 404 g/mol. The largest absolute Gasteiger partial charge is 0.482 e. The van der Waals surface area contributed by atoms with Crippen molar-refractivity contribution in [3.05, 3.63) is 53.1 Å². The van der Waals surface area contributed by atoms with Crippen LogP contribution >= 0.6 is 11.6 Å². The maximum Gasteiger partial charge on any atom is 0.344 e. The maximum absolute atomic E-state index is 12.2. The molecule has 2 N–H and O–H groups in total. The van der Waals surface area contributed by atoms with Crippen LogP contribution in [0.3, 0.4) is 0 Å². The number of halogens is 1. The first-order valence-corrected chi connectivity index (χ1v) is 8.89. The van der Waals surface area contributed by atoms with Gasteiger partial charge in [-0.3, -0.25) is 9.59 Å². The average molecular weight is 405 g/mol. The Morgan fingerprint density at radius 1 is 1.04 bits per heavy atom. The third-order valence-corrected chi connectivity index (χ3v) is 4.06. The van der Waals surface area contributed by atoms with E-state index in [1.165, 1.54) is 13.8 Å². The number of esters is 1. The molecule has 0 radical (unpaired) electrons. The Labute approximate surface area is 168 Å².